The van der Waals surface area contributed by atoms with E-state index in [0.717, 1.165) is 5.39 Å². The predicted molar refractivity (Wildman–Crippen MR) is 75.2 cm³/mol. The van der Waals surface area contributed by atoms with E-state index >= 15 is 0 Å². The topological polar surface area (TPSA) is 62.2 Å². The van der Waals surface area contributed by atoms with Gasteiger partial charge >= 0.3 is 5.97 Å². The van der Waals surface area contributed by atoms with Gasteiger partial charge in [-0.05, 0) is 26.0 Å². The molecule has 0 amide bonds. The van der Waals surface area contributed by atoms with Crippen molar-refractivity contribution in [2.75, 3.05) is 5.32 Å². The van der Waals surface area contributed by atoms with E-state index in [0.29, 0.717) is 11.2 Å². The maximum atomic E-state index is 11.1. The summed E-state index contributed by atoms with van der Waals surface area (Å²) in [5.74, 6) is 1.56. The molecule has 2 rings (SSSR count). The number of aromatic nitrogens is 1. The van der Waals surface area contributed by atoms with Crippen molar-refractivity contribution in [3.05, 3.63) is 36.0 Å². The molecule has 4 nitrogen and oxygen atoms in total. The molecule has 0 aliphatic rings. The van der Waals surface area contributed by atoms with E-state index < -0.39 is 11.5 Å². The maximum Gasteiger partial charge on any atom is 0.354 e. The Balaban J connectivity index is 2.64. The van der Waals surface area contributed by atoms with Crippen LogP contribution >= 0.6 is 0 Å². The smallest absolute Gasteiger partial charge is 0.354 e. The molecule has 0 bridgehead atoms. The Morgan fingerprint density at radius 1 is 1.42 bits per heavy atom. The molecule has 96 valence electrons. The predicted octanol–water partition coefficient (Wildman–Crippen LogP) is 2.76. The first-order valence-electron chi connectivity index (χ1n) is 5.82. The van der Waals surface area contributed by atoms with Crippen LogP contribution in [-0.2, 0) is 0 Å². The Bertz CT molecular complexity index is 684. The summed E-state index contributed by atoms with van der Waals surface area (Å²) in [6, 6.07) is 8.85. The zero-order valence-corrected chi connectivity index (χ0v) is 10.8. The van der Waals surface area contributed by atoms with E-state index in [9.17, 15) is 4.79 Å². The molecule has 0 spiro atoms. The number of fused-ring (bicyclic) bond motifs is 1. The van der Waals surface area contributed by atoms with E-state index in [1.54, 1.807) is 6.07 Å². The lowest BCUT2D eigenvalue weighted by Crippen LogP contribution is -2.28. The summed E-state index contributed by atoms with van der Waals surface area (Å²) in [7, 11) is 0. The zero-order chi connectivity index (χ0) is 14.0. The number of hydrogen-bond donors (Lipinski definition) is 2. The number of nitrogens with one attached hydrogen (secondary N) is 1. The number of nitrogens with zero attached hydrogens (tertiary/aromatic N) is 1. The van der Waals surface area contributed by atoms with E-state index in [1.165, 1.54) is 6.07 Å². The SMILES string of the molecule is C#CC(C)(C)Nc1cc(C(=O)O)nc2ccccc12. The first-order chi connectivity index (χ1) is 8.93. The lowest BCUT2D eigenvalue weighted by molar-refractivity contribution is 0.0691. The molecule has 4 heteroatoms. The quantitative estimate of drug-likeness (QED) is 0.827. The fraction of sp³-hybridized carbons (Fsp3) is 0.200. The van der Waals surface area contributed by atoms with Crippen LogP contribution in [0.2, 0.25) is 0 Å². The average Bonchev–Trinajstić information content (AvgIpc) is 2.38. The van der Waals surface area contributed by atoms with Gasteiger partial charge < -0.3 is 10.4 Å². The first-order valence-corrected chi connectivity index (χ1v) is 5.82. The molecule has 2 aromatic rings. The summed E-state index contributed by atoms with van der Waals surface area (Å²) in [6.07, 6.45) is 5.45. The van der Waals surface area contributed by atoms with Crippen LogP contribution in [-0.4, -0.2) is 21.6 Å². The first kappa shape index (κ1) is 12.9. The number of pyridine rings is 1. The number of rotatable bonds is 3. The number of hydrogen-bond acceptors (Lipinski definition) is 3. The highest BCUT2D eigenvalue weighted by Crippen LogP contribution is 2.25. The molecule has 0 atom stereocenters. The molecule has 0 unspecified atom stereocenters. The van der Waals surface area contributed by atoms with Crippen LogP contribution in [0.3, 0.4) is 0 Å². The number of terminal acetylenes is 1. The highest BCUT2D eigenvalue weighted by Gasteiger charge is 2.17. The number of carboxylic acids is 1. The van der Waals surface area contributed by atoms with Crippen molar-refractivity contribution in [2.45, 2.75) is 19.4 Å². The Morgan fingerprint density at radius 3 is 2.74 bits per heavy atom. The van der Waals surface area contributed by atoms with Gasteiger partial charge in [-0.2, -0.15) is 0 Å². The Morgan fingerprint density at radius 2 is 2.11 bits per heavy atom. The lowest BCUT2D eigenvalue weighted by Gasteiger charge is -2.22. The number of para-hydroxylation sites is 1. The van der Waals surface area contributed by atoms with Crippen molar-refractivity contribution < 1.29 is 9.90 Å². The maximum absolute atomic E-state index is 11.1. The van der Waals surface area contributed by atoms with Crippen LogP contribution in [0.1, 0.15) is 24.3 Å². The van der Waals surface area contributed by atoms with Crippen molar-refractivity contribution in [1.82, 2.24) is 4.98 Å². The molecule has 1 aromatic heterocycles. The Kier molecular flexibility index (Phi) is 3.14. The molecule has 0 saturated heterocycles. The van der Waals surface area contributed by atoms with Gasteiger partial charge in [-0.1, -0.05) is 24.1 Å². The van der Waals surface area contributed by atoms with Crippen molar-refractivity contribution in [1.29, 1.82) is 0 Å². The van der Waals surface area contributed by atoms with Gasteiger partial charge in [-0.3, -0.25) is 0 Å². The number of carboxylic acid groups (broad SMARTS) is 1. The summed E-state index contributed by atoms with van der Waals surface area (Å²) in [5, 5.41) is 13.1. The van der Waals surface area contributed by atoms with Gasteiger partial charge in [0.2, 0.25) is 0 Å². The molecule has 2 N–H and O–H groups in total. The largest absolute Gasteiger partial charge is 0.477 e. The summed E-state index contributed by atoms with van der Waals surface area (Å²) in [5.41, 5.74) is 0.720. The second kappa shape index (κ2) is 4.62. The van der Waals surface area contributed by atoms with Gasteiger partial charge in [0.1, 0.15) is 0 Å². The van der Waals surface area contributed by atoms with Crippen LogP contribution in [0.5, 0.6) is 0 Å². The molecular formula is C15H14N2O2. The van der Waals surface area contributed by atoms with Gasteiger partial charge in [0.15, 0.2) is 5.69 Å². The molecule has 0 aliphatic heterocycles. The van der Waals surface area contributed by atoms with Crippen molar-refractivity contribution in [3.8, 4) is 12.3 Å². The lowest BCUT2D eigenvalue weighted by atomic mass is 10.0. The standard InChI is InChI=1S/C15H14N2O2/c1-4-15(2,3)17-12-9-13(14(18)19)16-11-8-6-5-7-10(11)12/h1,5-9H,2-3H3,(H,16,17)(H,18,19). The second-order valence-electron chi connectivity index (χ2n) is 4.77. The fourth-order valence-electron chi connectivity index (χ4n) is 1.76. The van der Waals surface area contributed by atoms with Crippen LogP contribution in [0.25, 0.3) is 10.9 Å². The molecule has 0 saturated carbocycles. The number of benzene rings is 1. The summed E-state index contributed by atoms with van der Waals surface area (Å²) < 4.78 is 0. The summed E-state index contributed by atoms with van der Waals surface area (Å²) in [4.78, 5) is 15.2. The number of carbonyl (C=O) groups is 1. The van der Waals surface area contributed by atoms with Gasteiger partial charge in [-0.25, -0.2) is 9.78 Å². The third kappa shape index (κ3) is 2.66. The second-order valence-corrected chi connectivity index (χ2v) is 4.77. The van der Waals surface area contributed by atoms with Gasteiger partial charge in [0.25, 0.3) is 0 Å². The van der Waals surface area contributed by atoms with Crippen LogP contribution in [0.15, 0.2) is 30.3 Å². The summed E-state index contributed by atoms with van der Waals surface area (Å²) >= 11 is 0. The van der Waals surface area contributed by atoms with Gasteiger partial charge in [-0.15, -0.1) is 6.42 Å². The monoisotopic (exact) mass is 254 g/mol. The molecular weight excluding hydrogens is 240 g/mol. The van der Waals surface area contributed by atoms with E-state index in [1.807, 2.05) is 32.0 Å². The Hall–Kier alpha value is -2.54. The van der Waals surface area contributed by atoms with E-state index in [2.05, 4.69) is 16.2 Å². The van der Waals surface area contributed by atoms with Crippen LogP contribution in [0.4, 0.5) is 5.69 Å². The normalized spacial score (nSPS) is 11.0. The van der Waals surface area contributed by atoms with Crippen LogP contribution < -0.4 is 5.32 Å². The fourth-order valence-corrected chi connectivity index (χ4v) is 1.76. The molecule has 1 aromatic carbocycles. The third-order valence-corrected chi connectivity index (χ3v) is 2.74. The summed E-state index contributed by atoms with van der Waals surface area (Å²) in [6.45, 7) is 3.70. The number of aromatic carboxylic acids is 1. The molecule has 0 radical (unpaired) electrons. The number of anilines is 1. The van der Waals surface area contributed by atoms with Gasteiger partial charge in [0.05, 0.1) is 11.1 Å². The highest BCUT2D eigenvalue weighted by molar-refractivity contribution is 5.97. The van der Waals surface area contributed by atoms with Crippen molar-refractivity contribution in [2.24, 2.45) is 0 Å². The van der Waals surface area contributed by atoms with Gasteiger partial charge in [0, 0.05) is 11.1 Å². The Labute approximate surface area is 111 Å². The van der Waals surface area contributed by atoms with Crippen molar-refractivity contribution in [3.63, 3.8) is 0 Å². The minimum atomic E-state index is -1.06. The van der Waals surface area contributed by atoms with Crippen molar-refractivity contribution >= 4 is 22.6 Å². The molecule has 19 heavy (non-hydrogen) atoms. The van der Waals surface area contributed by atoms with E-state index in [-0.39, 0.29) is 5.69 Å². The van der Waals surface area contributed by atoms with E-state index in [4.69, 9.17) is 11.5 Å². The zero-order valence-electron chi connectivity index (χ0n) is 10.8. The average molecular weight is 254 g/mol. The minimum absolute atomic E-state index is 0.00554. The third-order valence-electron chi connectivity index (χ3n) is 2.74. The van der Waals surface area contributed by atoms with Crippen LogP contribution in [0, 0.1) is 12.3 Å². The minimum Gasteiger partial charge on any atom is -0.477 e. The highest BCUT2D eigenvalue weighted by atomic mass is 16.4. The molecule has 0 aliphatic carbocycles. The molecule has 0 fully saturated rings. The molecule has 1 heterocycles.